The lowest BCUT2D eigenvalue weighted by molar-refractivity contribution is -0.151. The molecule has 0 saturated heterocycles. The quantitative estimate of drug-likeness (QED) is 0.468. The van der Waals surface area contributed by atoms with Gasteiger partial charge in [-0.1, -0.05) is 0 Å². The Morgan fingerprint density at radius 2 is 2.05 bits per heavy atom. The third-order valence-corrected chi connectivity index (χ3v) is 3.60. The first kappa shape index (κ1) is 17.4. The normalized spacial score (nSPS) is 18.1. The van der Waals surface area contributed by atoms with Crippen molar-refractivity contribution in [2.75, 3.05) is 19.8 Å². The molecule has 0 amide bonds. The van der Waals surface area contributed by atoms with Crippen LogP contribution in [0.5, 0.6) is 0 Å². The van der Waals surface area contributed by atoms with Crippen LogP contribution in [-0.2, 0) is 14.3 Å². The van der Waals surface area contributed by atoms with E-state index < -0.39 is 5.54 Å². The maximum absolute atomic E-state index is 12.1. The predicted molar refractivity (Wildman–Crippen MR) is 80.7 cm³/mol. The van der Waals surface area contributed by atoms with Gasteiger partial charge in [0.15, 0.2) is 0 Å². The Morgan fingerprint density at radius 3 is 2.60 bits per heavy atom. The van der Waals surface area contributed by atoms with E-state index in [1.165, 1.54) is 12.8 Å². The van der Waals surface area contributed by atoms with Gasteiger partial charge in [-0.2, -0.15) is 0 Å². The second-order valence-corrected chi connectivity index (χ2v) is 6.33. The third kappa shape index (κ3) is 6.71. The summed E-state index contributed by atoms with van der Waals surface area (Å²) in [5.41, 5.74) is -0.583. The molecule has 1 saturated carbocycles. The maximum Gasteiger partial charge on any atom is 0.326 e. The summed E-state index contributed by atoms with van der Waals surface area (Å²) in [6, 6.07) is 0.260. The van der Waals surface area contributed by atoms with E-state index in [-0.39, 0.29) is 12.0 Å². The zero-order valence-corrected chi connectivity index (χ0v) is 13.5. The standard InChI is InChI=1S/C16H31NO3/c1-5-20-15(18)16(4,17-13(2)3)10-6-7-11-19-12-14-8-9-14/h13-14,17H,5-12H2,1-4H3. The van der Waals surface area contributed by atoms with E-state index in [4.69, 9.17) is 9.47 Å². The average molecular weight is 285 g/mol. The number of unbranched alkanes of at least 4 members (excludes halogenated alkanes) is 1. The molecule has 1 rings (SSSR count). The van der Waals surface area contributed by atoms with Gasteiger partial charge in [0.05, 0.1) is 6.61 Å². The molecule has 4 heteroatoms. The lowest BCUT2D eigenvalue weighted by Gasteiger charge is -2.30. The molecule has 0 spiro atoms. The Balaban J connectivity index is 2.25. The zero-order valence-electron chi connectivity index (χ0n) is 13.5. The van der Waals surface area contributed by atoms with Gasteiger partial charge in [-0.05, 0) is 65.7 Å². The first-order chi connectivity index (χ1) is 9.48. The molecule has 20 heavy (non-hydrogen) atoms. The van der Waals surface area contributed by atoms with E-state index in [0.29, 0.717) is 6.61 Å². The minimum atomic E-state index is -0.583. The van der Waals surface area contributed by atoms with Gasteiger partial charge in [-0.3, -0.25) is 10.1 Å². The SMILES string of the molecule is CCOC(=O)C(C)(CCCCOCC1CC1)NC(C)C. The second-order valence-electron chi connectivity index (χ2n) is 6.33. The first-order valence-electron chi connectivity index (χ1n) is 8.00. The molecule has 0 heterocycles. The highest BCUT2D eigenvalue weighted by Crippen LogP contribution is 2.28. The van der Waals surface area contributed by atoms with Crippen molar-refractivity contribution >= 4 is 5.97 Å². The smallest absolute Gasteiger partial charge is 0.326 e. The Bertz CT molecular complexity index is 289. The van der Waals surface area contributed by atoms with E-state index in [9.17, 15) is 4.79 Å². The molecule has 1 aliphatic rings. The minimum absolute atomic E-state index is 0.146. The fourth-order valence-corrected chi connectivity index (χ4v) is 2.38. The summed E-state index contributed by atoms with van der Waals surface area (Å²) >= 11 is 0. The van der Waals surface area contributed by atoms with Crippen LogP contribution in [0.3, 0.4) is 0 Å². The predicted octanol–water partition coefficient (Wildman–Crippen LogP) is 2.90. The van der Waals surface area contributed by atoms with Crippen LogP contribution in [0, 0.1) is 5.92 Å². The summed E-state index contributed by atoms with van der Waals surface area (Å²) in [4.78, 5) is 12.1. The molecule has 0 aromatic heterocycles. The number of hydrogen-bond acceptors (Lipinski definition) is 4. The number of esters is 1. The van der Waals surface area contributed by atoms with Gasteiger partial charge >= 0.3 is 5.97 Å². The molecule has 1 unspecified atom stereocenters. The summed E-state index contributed by atoms with van der Waals surface area (Å²) in [5, 5.41) is 3.34. The number of carbonyl (C=O) groups is 1. The Morgan fingerprint density at radius 1 is 1.35 bits per heavy atom. The highest BCUT2D eigenvalue weighted by Gasteiger charge is 2.34. The summed E-state index contributed by atoms with van der Waals surface area (Å²) in [7, 11) is 0. The molecule has 0 bridgehead atoms. The molecule has 0 aliphatic heterocycles. The Kier molecular flexibility index (Phi) is 7.52. The van der Waals surface area contributed by atoms with Crippen LogP contribution in [0.1, 0.15) is 59.8 Å². The topological polar surface area (TPSA) is 47.6 Å². The lowest BCUT2D eigenvalue weighted by Crippen LogP contribution is -2.53. The van der Waals surface area contributed by atoms with Gasteiger partial charge in [-0.25, -0.2) is 0 Å². The molecule has 1 N–H and O–H groups in total. The van der Waals surface area contributed by atoms with Crippen molar-refractivity contribution in [2.24, 2.45) is 5.92 Å². The van der Waals surface area contributed by atoms with Gasteiger partial charge in [0.25, 0.3) is 0 Å². The summed E-state index contributed by atoms with van der Waals surface area (Å²) in [6.07, 6.45) is 5.43. The molecule has 1 fully saturated rings. The maximum atomic E-state index is 12.1. The number of rotatable bonds is 11. The fourth-order valence-electron chi connectivity index (χ4n) is 2.38. The van der Waals surface area contributed by atoms with Crippen molar-refractivity contribution in [3.05, 3.63) is 0 Å². The van der Waals surface area contributed by atoms with Gasteiger partial charge < -0.3 is 9.47 Å². The van der Waals surface area contributed by atoms with Crippen LogP contribution in [0.2, 0.25) is 0 Å². The van der Waals surface area contributed by atoms with Crippen molar-refractivity contribution in [1.29, 1.82) is 0 Å². The van der Waals surface area contributed by atoms with Crippen LogP contribution in [0.15, 0.2) is 0 Å². The molecular formula is C16H31NO3. The fraction of sp³-hybridized carbons (Fsp3) is 0.938. The van der Waals surface area contributed by atoms with E-state index >= 15 is 0 Å². The molecule has 0 radical (unpaired) electrons. The van der Waals surface area contributed by atoms with Gasteiger partial charge in [0.1, 0.15) is 5.54 Å². The van der Waals surface area contributed by atoms with Crippen molar-refractivity contribution < 1.29 is 14.3 Å². The number of carbonyl (C=O) groups excluding carboxylic acids is 1. The molecule has 0 aromatic carbocycles. The van der Waals surface area contributed by atoms with Crippen LogP contribution in [0.4, 0.5) is 0 Å². The summed E-state index contributed by atoms with van der Waals surface area (Å²) in [5.74, 6) is 0.676. The monoisotopic (exact) mass is 285 g/mol. The van der Waals surface area contributed by atoms with Crippen LogP contribution >= 0.6 is 0 Å². The average Bonchev–Trinajstić information content (AvgIpc) is 3.17. The highest BCUT2D eigenvalue weighted by molar-refractivity contribution is 5.80. The highest BCUT2D eigenvalue weighted by atomic mass is 16.5. The van der Waals surface area contributed by atoms with E-state index in [1.54, 1.807) is 0 Å². The minimum Gasteiger partial charge on any atom is -0.465 e. The molecule has 118 valence electrons. The lowest BCUT2D eigenvalue weighted by atomic mass is 9.94. The Hall–Kier alpha value is -0.610. The Labute approximate surface area is 123 Å². The van der Waals surface area contributed by atoms with Gasteiger partial charge in [0, 0.05) is 19.3 Å². The van der Waals surface area contributed by atoms with Gasteiger partial charge in [0.2, 0.25) is 0 Å². The number of ether oxygens (including phenoxy) is 2. The molecule has 1 aliphatic carbocycles. The number of nitrogens with one attached hydrogen (secondary N) is 1. The van der Waals surface area contributed by atoms with Crippen molar-refractivity contribution in [2.45, 2.75) is 71.4 Å². The van der Waals surface area contributed by atoms with Crippen LogP contribution in [-0.4, -0.2) is 37.4 Å². The molecular weight excluding hydrogens is 254 g/mol. The first-order valence-corrected chi connectivity index (χ1v) is 8.00. The van der Waals surface area contributed by atoms with E-state index in [0.717, 1.165) is 38.4 Å². The number of hydrogen-bond donors (Lipinski definition) is 1. The largest absolute Gasteiger partial charge is 0.465 e. The van der Waals surface area contributed by atoms with E-state index in [2.05, 4.69) is 19.2 Å². The third-order valence-electron chi connectivity index (χ3n) is 3.60. The van der Waals surface area contributed by atoms with Crippen molar-refractivity contribution in [3.8, 4) is 0 Å². The van der Waals surface area contributed by atoms with Crippen LogP contribution < -0.4 is 5.32 Å². The summed E-state index contributed by atoms with van der Waals surface area (Å²) in [6.45, 7) is 10.0. The van der Waals surface area contributed by atoms with Crippen LogP contribution in [0.25, 0.3) is 0 Å². The second kappa shape index (κ2) is 8.63. The van der Waals surface area contributed by atoms with Gasteiger partial charge in [-0.15, -0.1) is 0 Å². The molecule has 4 nitrogen and oxygen atoms in total. The van der Waals surface area contributed by atoms with Crippen molar-refractivity contribution in [3.63, 3.8) is 0 Å². The summed E-state index contributed by atoms with van der Waals surface area (Å²) < 4.78 is 10.8. The zero-order chi connectivity index (χ0) is 15.0. The van der Waals surface area contributed by atoms with Crippen molar-refractivity contribution in [1.82, 2.24) is 5.32 Å². The van der Waals surface area contributed by atoms with E-state index in [1.807, 2.05) is 13.8 Å². The molecule has 0 aromatic rings. The molecule has 1 atom stereocenters.